The summed E-state index contributed by atoms with van der Waals surface area (Å²) in [5.41, 5.74) is 1.57. The molecule has 2 heterocycles. The molecule has 0 aliphatic heterocycles. The van der Waals surface area contributed by atoms with Crippen molar-refractivity contribution in [3.05, 3.63) is 46.1 Å². The van der Waals surface area contributed by atoms with Gasteiger partial charge in [0.1, 0.15) is 16.5 Å². The van der Waals surface area contributed by atoms with Crippen LogP contribution in [0.3, 0.4) is 0 Å². The number of hydrogen-bond donors (Lipinski definition) is 1. The lowest BCUT2D eigenvalue weighted by Gasteiger charge is -2.09. The Morgan fingerprint density at radius 1 is 1.14 bits per heavy atom. The maximum absolute atomic E-state index is 13.4. The molecule has 3 aromatic rings. The van der Waals surface area contributed by atoms with Crippen molar-refractivity contribution in [2.24, 2.45) is 0 Å². The number of fused-ring (bicyclic) bond motifs is 1. The van der Waals surface area contributed by atoms with Gasteiger partial charge in [0.25, 0.3) is 0 Å². The molecule has 0 unspecified atom stereocenters. The van der Waals surface area contributed by atoms with Crippen LogP contribution in [0, 0.1) is 25.5 Å². The SMILES string of the molecule is CCc1nc(Nc2ccc(F)c(F)c2)c2c(C)c(C)sc2n1. The molecular formula is C16H15F2N3S. The van der Waals surface area contributed by atoms with Crippen molar-refractivity contribution < 1.29 is 8.78 Å². The number of anilines is 2. The summed E-state index contributed by atoms with van der Waals surface area (Å²) in [4.78, 5) is 11.1. The molecule has 0 aliphatic rings. The number of hydrogen-bond acceptors (Lipinski definition) is 4. The van der Waals surface area contributed by atoms with Gasteiger partial charge < -0.3 is 5.32 Å². The lowest BCUT2D eigenvalue weighted by atomic mass is 10.2. The Kier molecular flexibility index (Phi) is 3.78. The number of aromatic nitrogens is 2. The first-order valence-electron chi connectivity index (χ1n) is 6.98. The van der Waals surface area contributed by atoms with Crippen LogP contribution >= 0.6 is 11.3 Å². The van der Waals surface area contributed by atoms with E-state index >= 15 is 0 Å². The molecule has 3 nitrogen and oxygen atoms in total. The summed E-state index contributed by atoms with van der Waals surface area (Å²) < 4.78 is 26.4. The summed E-state index contributed by atoms with van der Waals surface area (Å²) in [5, 5.41) is 4.03. The van der Waals surface area contributed by atoms with Crippen LogP contribution < -0.4 is 5.32 Å². The standard InChI is InChI=1S/C16H15F2N3S/c1-4-13-20-15(14-8(2)9(3)22-16(14)21-13)19-10-5-6-11(17)12(18)7-10/h5-7H,4H2,1-3H3,(H,19,20,21). The second-order valence-electron chi connectivity index (χ2n) is 5.06. The van der Waals surface area contributed by atoms with Crippen LogP contribution in [0.25, 0.3) is 10.2 Å². The predicted molar refractivity (Wildman–Crippen MR) is 85.9 cm³/mol. The molecule has 0 radical (unpaired) electrons. The first-order chi connectivity index (χ1) is 10.5. The van der Waals surface area contributed by atoms with E-state index in [0.717, 1.165) is 33.7 Å². The molecule has 0 fully saturated rings. The van der Waals surface area contributed by atoms with Crippen LogP contribution in [-0.2, 0) is 6.42 Å². The van der Waals surface area contributed by atoms with E-state index in [1.165, 1.54) is 10.9 Å². The maximum atomic E-state index is 13.4. The van der Waals surface area contributed by atoms with Gasteiger partial charge in [-0.2, -0.15) is 0 Å². The molecule has 114 valence electrons. The molecule has 6 heteroatoms. The molecule has 2 aromatic heterocycles. The Morgan fingerprint density at radius 3 is 2.59 bits per heavy atom. The van der Waals surface area contributed by atoms with Crippen molar-refractivity contribution in [2.75, 3.05) is 5.32 Å². The van der Waals surface area contributed by atoms with Crippen molar-refractivity contribution in [3.8, 4) is 0 Å². The monoisotopic (exact) mass is 319 g/mol. The van der Waals surface area contributed by atoms with Gasteiger partial charge in [0.2, 0.25) is 0 Å². The van der Waals surface area contributed by atoms with Gasteiger partial charge in [0.05, 0.1) is 5.39 Å². The average molecular weight is 319 g/mol. The van der Waals surface area contributed by atoms with Crippen molar-refractivity contribution >= 4 is 33.1 Å². The van der Waals surface area contributed by atoms with Gasteiger partial charge >= 0.3 is 0 Å². The molecule has 0 amide bonds. The van der Waals surface area contributed by atoms with E-state index in [-0.39, 0.29) is 0 Å². The number of benzene rings is 1. The van der Waals surface area contributed by atoms with Gasteiger partial charge in [0.15, 0.2) is 11.6 Å². The maximum Gasteiger partial charge on any atom is 0.160 e. The van der Waals surface area contributed by atoms with E-state index in [2.05, 4.69) is 15.3 Å². The van der Waals surface area contributed by atoms with E-state index in [0.29, 0.717) is 17.9 Å². The summed E-state index contributed by atoms with van der Waals surface area (Å²) in [5.74, 6) is -0.395. The van der Waals surface area contributed by atoms with E-state index < -0.39 is 11.6 Å². The minimum absolute atomic E-state index is 0.462. The molecule has 0 spiro atoms. The van der Waals surface area contributed by atoms with E-state index in [1.807, 2.05) is 20.8 Å². The van der Waals surface area contributed by atoms with Gasteiger partial charge in [-0.25, -0.2) is 18.7 Å². The fourth-order valence-corrected chi connectivity index (χ4v) is 3.30. The smallest absolute Gasteiger partial charge is 0.160 e. The molecule has 22 heavy (non-hydrogen) atoms. The van der Waals surface area contributed by atoms with E-state index in [9.17, 15) is 8.78 Å². The first kappa shape index (κ1) is 14.8. The average Bonchev–Trinajstić information content (AvgIpc) is 2.78. The Morgan fingerprint density at radius 2 is 1.91 bits per heavy atom. The minimum Gasteiger partial charge on any atom is -0.339 e. The van der Waals surface area contributed by atoms with E-state index in [4.69, 9.17) is 0 Å². The summed E-state index contributed by atoms with van der Waals surface area (Å²) >= 11 is 1.61. The quantitative estimate of drug-likeness (QED) is 0.746. The Bertz CT molecular complexity index is 858. The number of thiophene rings is 1. The largest absolute Gasteiger partial charge is 0.339 e. The van der Waals surface area contributed by atoms with Crippen molar-refractivity contribution in [1.82, 2.24) is 9.97 Å². The highest BCUT2D eigenvalue weighted by Crippen LogP contribution is 2.34. The van der Waals surface area contributed by atoms with Crippen LogP contribution in [0.1, 0.15) is 23.2 Å². The molecule has 0 aliphatic carbocycles. The zero-order chi connectivity index (χ0) is 15.9. The highest BCUT2D eigenvalue weighted by atomic mass is 32.1. The van der Waals surface area contributed by atoms with Gasteiger partial charge in [-0.15, -0.1) is 11.3 Å². The van der Waals surface area contributed by atoms with Gasteiger partial charge in [-0.05, 0) is 31.5 Å². The summed E-state index contributed by atoms with van der Waals surface area (Å²) in [6.45, 7) is 6.03. The van der Waals surface area contributed by atoms with Gasteiger partial charge in [0, 0.05) is 23.1 Å². The van der Waals surface area contributed by atoms with Crippen LogP contribution in [-0.4, -0.2) is 9.97 Å². The van der Waals surface area contributed by atoms with Crippen molar-refractivity contribution in [3.63, 3.8) is 0 Å². The van der Waals surface area contributed by atoms with Crippen molar-refractivity contribution in [1.29, 1.82) is 0 Å². The third kappa shape index (κ3) is 2.54. The normalized spacial score (nSPS) is 11.1. The van der Waals surface area contributed by atoms with Gasteiger partial charge in [-0.3, -0.25) is 0 Å². The predicted octanol–water partition coefficient (Wildman–Crippen LogP) is 4.89. The minimum atomic E-state index is -0.885. The lowest BCUT2D eigenvalue weighted by Crippen LogP contribution is -2.01. The summed E-state index contributed by atoms with van der Waals surface area (Å²) in [6, 6.07) is 3.72. The number of halogens is 2. The molecule has 1 aromatic carbocycles. The van der Waals surface area contributed by atoms with Gasteiger partial charge in [-0.1, -0.05) is 6.92 Å². The Hall–Kier alpha value is -2.08. The fraction of sp³-hybridized carbons (Fsp3) is 0.250. The summed E-state index contributed by atoms with van der Waals surface area (Å²) in [7, 11) is 0. The highest BCUT2D eigenvalue weighted by molar-refractivity contribution is 7.18. The van der Waals surface area contributed by atoms with E-state index in [1.54, 1.807) is 11.3 Å². The Labute approximate surface area is 131 Å². The topological polar surface area (TPSA) is 37.8 Å². The molecule has 0 bridgehead atoms. The second-order valence-corrected chi connectivity index (χ2v) is 6.26. The van der Waals surface area contributed by atoms with Crippen LogP contribution in [0.5, 0.6) is 0 Å². The van der Waals surface area contributed by atoms with Crippen LogP contribution in [0.4, 0.5) is 20.3 Å². The third-order valence-electron chi connectivity index (χ3n) is 3.57. The molecule has 0 saturated heterocycles. The fourth-order valence-electron chi connectivity index (χ4n) is 2.25. The number of nitrogens with one attached hydrogen (secondary N) is 1. The first-order valence-corrected chi connectivity index (χ1v) is 7.80. The molecule has 0 saturated carbocycles. The lowest BCUT2D eigenvalue weighted by molar-refractivity contribution is 0.509. The third-order valence-corrected chi connectivity index (χ3v) is 4.67. The number of nitrogens with zero attached hydrogens (tertiary/aromatic N) is 2. The molecule has 1 N–H and O–H groups in total. The highest BCUT2D eigenvalue weighted by Gasteiger charge is 2.14. The second kappa shape index (κ2) is 5.61. The number of aryl methyl sites for hydroxylation is 3. The zero-order valence-electron chi connectivity index (χ0n) is 12.5. The Balaban J connectivity index is 2.13. The van der Waals surface area contributed by atoms with Crippen LogP contribution in [0.15, 0.2) is 18.2 Å². The molecular weight excluding hydrogens is 304 g/mol. The van der Waals surface area contributed by atoms with Crippen LogP contribution in [0.2, 0.25) is 0 Å². The zero-order valence-corrected chi connectivity index (χ0v) is 13.3. The van der Waals surface area contributed by atoms with Crippen molar-refractivity contribution in [2.45, 2.75) is 27.2 Å². The summed E-state index contributed by atoms with van der Waals surface area (Å²) in [6.07, 6.45) is 0.707. The molecule has 3 rings (SSSR count). The molecule has 0 atom stereocenters. The number of rotatable bonds is 3.